The summed E-state index contributed by atoms with van der Waals surface area (Å²) in [7, 11) is 0. The third-order valence-electron chi connectivity index (χ3n) is 1.98. The van der Waals surface area contributed by atoms with Crippen molar-refractivity contribution < 1.29 is 14.7 Å². The number of carbonyl (C=O) groups excluding carboxylic acids is 2. The van der Waals surface area contributed by atoms with Gasteiger partial charge in [-0.15, -0.1) is 0 Å². The van der Waals surface area contributed by atoms with Gasteiger partial charge in [0.15, 0.2) is 0 Å². The molecule has 0 bridgehead atoms. The first-order chi connectivity index (χ1) is 7.02. The van der Waals surface area contributed by atoms with Crippen LogP contribution in [0.1, 0.15) is 22.8 Å². The molecule has 0 aliphatic heterocycles. The van der Waals surface area contributed by atoms with Crippen LogP contribution in [-0.2, 0) is 4.79 Å². The number of ketones is 1. The van der Waals surface area contributed by atoms with Gasteiger partial charge < -0.3 is 10.4 Å². The van der Waals surface area contributed by atoms with Crippen molar-refractivity contribution in [2.45, 2.75) is 13.8 Å². The van der Waals surface area contributed by atoms with E-state index in [1.165, 1.54) is 13.0 Å². The predicted octanol–water partition coefficient (Wildman–Crippen LogP) is 1.02. The molecule has 4 nitrogen and oxygen atoms in total. The van der Waals surface area contributed by atoms with Gasteiger partial charge in [0, 0.05) is 0 Å². The number of benzene rings is 1. The first-order valence-corrected chi connectivity index (χ1v) is 4.58. The molecule has 2 N–H and O–H groups in total. The lowest BCUT2D eigenvalue weighted by molar-refractivity contribution is -0.116. The van der Waals surface area contributed by atoms with Crippen LogP contribution in [0.2, 0.25) is 0 Å². The number of para-hydroxylation sites is 1. The second kappa shape index (κ2) is 4.59. The van der Waals surface area contributed by atoms with Crippen LogP contribution in [0.5, 0.6) is 5.75 Å². The smallest absolute Gasteiger partial charge is 0.255 e. The van der Waals surface area contributed by atoms with Gasteiger partial charge >= 0.3 is 0 Å². The minimum atomic E-state index is -0.439. The Labute approximate surface area is 87.9 Å². The van der Waals surface area contributed by atoms with E-state index in [-0.39, 0.29) is 23.6 Å². The zero-order valence-corrected chi connectivity index (χ0v) is 8.70. The Morgan fingerprint density at radius 2 is 2.07 bits per heavy atom. The Balaban J connectivity index is 2.82. The summed E-state index contributed by atoms with van der Waals surface area (Å²) in [5, 5.41) is 12.0. The maximum absolute atomic E-state index is 11.5. The standard InChI is InChI=1S/C11H13NO3/c1-7-4-3-5-9(10(7)14)11(15)12-6-8(2)13/h3-5,14H,6H2,1-2H3,(H,12,15). The molecule has 80 valence electrons. The fourth-order valence-corrected chi connectivity index (χ4v) is 1.14. The van der Waals surface area contributed by atoms with Crippen LogP contribution >= 0.6 is 0 Å². The summed E-state index contributed by atoms with van der Waals surface area (Å²) in [6.45, 7) is 3.07. The van der Waals surface area contributed by atoms with Gasteiger partial charge in [0.2, 0.25) is 0 Å². The topological polar surface area (TPSA) is 66.4 Å². The average Bonchev–Trinajstić information content (AvgIpc) is 2.18. The molecular weight excluding hydrogens is 194 g/mol. The lowest BCUT2D eigenvalue weighted by atomic mass is 10.1. The zero-order valence-electron chi connectivity index (χ0n) is 8.70. The van der Waals surface area contributed by atoms with Gasteiger partial charge in [0.25, 0.3) is 5.91 Å². The Hall–Kier alpha value is -1.84. The number of amides is 1. The van der Waals surface area contributed by atoms with Crippen molar-refractivity contribution in [1.29, 1.82) is 0 Å². The first kappa shape index (κ1) is 11.2. The molecule has 0 spiro atoms. The highest BCUT2D eigenvalue weighted by Crippen LogP contribution is 2.20. The molecule has 0 heterocycles. The molecule has 1 aromatic carbocycles. The van der Waals surface area contributed by atoms with Crippen molar-refractivity contribution in [3.8, 4) is 5.75 Å². The van der Waals surface area contributed by atoms with E-state index in [9.17, 15) is 14.7 Å². The lowest BCUT2D eigenvalue weighted by Crippen LogP contribution is -2.28. The number of hydrogen-bond acceptors (Lipinski definition) is 3. The minimum absolute atomic E-state index is 0.0216. The number of phenolic OH excluding ortho intramolecular Hbond substituents is 1. The fraction of sp³-hybridized carbons (Fsp3) is 0.273. The Morgan fingerprint density at radius 1 is 1.40 bits per heavy atom. The van der Waals surface area contributed by atoms with Gasteiger partial charge in [0.1, 0.15) is 11.5 Å². The molecule has 0 saturated carbocycles. The second-order valence-electron chi connectivity index (χ2n) is 3.36. The van der Waals surface area contributed by atoms with Crippen LogP contribution < -0.4 is 5.32 Å². The molecule has 1 amide bonds. The first-order valence-electron chi connectivity index (χ1n) is 4.58. The third kappa shape index (κ3) is 2.80. The van der Waals surface area contributed by atoms with Crippen molar-refractivity contribution in [2.75, 3.05) is 6.54 Å². The van der Waals surface area contributed by atoms with E-state index < -0.39 is 5.91 Å². The van der Waals surface area contributed by atoms with Gasteiger partial charge in [-0.3, -0.25) is 9.59 Å². The molecule has 0 aliphatic rings. The van der Waals surface area contributed by atoms with E-state index in [4.69, 9.17) is 0 Å². The summed E-state index contributed by atoms with van der Waals surface area (Å²) in [6, 6.07) is 4.90. The summed E-state index contributed by atoms with van der Waals surface area (Å²) in [5.74, 6) is -0.611. The molecule has 0 fully saturated rings. The van der Waals surface area contributed by atoms with Crippen molar-refractivity contribution in [3.05, 3.63) is 29.3 Å². The van der Waals surface area contributed by atoms with Crippen LogP contribution in [0.3, 0.4) is 0 Å². The third-order valence-corrected chi connectivity index (χ3v) is 1.98. The number of hydrogen-bond donors (Lipinski definition) is 2. The molecule has 4 heteroatoms. The number of carbonyl (C=O) groups is 2. The molecule has 0 saturated heterocycles. The Morgan fingerprint density at radius 3 is 2.67 bits per heavy atom. The Bertz CT molecular complexity index is 399. The predicted molar refractivity (Wildman–Crippen MR) is 55.9 cm³/mol. The summed E-state index contributed by atoms with van der Waals surface area (Å²) >= 11 is 0. The van der Waals surface area contributed by atoms with E-state index in [0.29, 0.717) is 5.56 Å². The van der Waals surface area contributed by atoms with Crippen LogP contribution in [-0.4, -0.2) is 23.3 Å². The number of rotatable bonds is 3. The summed E-state index contributed by atoms with van der Waals surface area (Å²) in [4.78, 5) is 22.2. The van der Waals surface area contributed by atoms with E-state index in [1.54, 1.807) is 19.1 Å². The lowest BCUT2D eigenvalue weighted by Gasteiger charge is -2.06. The van der Waals surface area contributed by atoms with Crippen LogP contribution in [0.15, 0.2) is 18.2 Å². The van der Waals surface area contributed by atoms with E-state index >= 15 is 0 Å². The van der Waals surface area contributed by atoms with Crippen molar-refractivity contribution in [1.82, 2.24) is 5.32 Å². The van der Waals surface area contributed by atoms with Crippen molar-refractivity contribution in [2.24, 2.45) is 0 Å². The zero-order chi connectivity index (χ0) is 11.4. The van der Waals surface area contributed by atoms with E-state index in [0.717, 1.165) is 0 Å². The molecular formula is C11H13NO3. The Kier molecular flexibility index (Phi) is 3.44. The second-order valence-corrected chi connectivity index (χ2v) is 3.36. The molecule has 0 unspecified atom stereocenters. The fourth-order valence-electron chi connectivity index (χ4n) is 1.14. The summed E-state index contributed by atoms with van der Waals surface area (Å²) in [6.07, 6.45) is 0. The van der Waals surface area contributed by atoms with Gasteiger partial charge in [-0.25, -0.2) is 0 Å². The molecule has 0 aromatic heterocycles. The van der Waals surface area contributed by atoms with E-state index in [2.05, 4.69) is 5.32 Å². The summed E-state index contributed by atoms with van der Waals surface area (Å²) < 4.78 is 0. The van der Waals surface area contributed by atoms with Crippen molar-refractivity contribution in [3.63, 3.8) is 0 Å². The van der Waals surface area contributed by atoms with Crippen LogP contribution in [0, 0.1) is 6.92 Å². The van der Waals surface area contributed by atoms with Gasteiger partial charge in [-0.1, -0.05) is 12.1 Å². The van der Waals surface area contributed by atoms with Crippen LogP contribution in [0.25, 0.3) is 0 Å². The number of nitrogens with one attached hydrogen (secondary N) is 1. The quantitative estimate of drug-likeness (QED) is 0.777. The SMILES string of the molecule is CC(=O)CNC(=O)c1cccc(C)c1O. The minimum Gasteiger partial charge on any atom is -0.507 e. The average molecular weight is 207 g/mol. The van der Waals surface area contributed by atoms with Gasteiger partial charge in [0.05, 0.1) is 12.1 Å². The van der Waals surface area contributed by atoms with Crippen LogP contribution in [0.4, 0.5) is 0 Å². The molecule has 1 rings (SSSR count). The largest absolute Gasteiger partial charge is 0.507 e. The van der Waals surface area contributed by atoms with Gasteiger partial charge in [-0.2, -0.15) is 0 Å². The summed E-state index contributed by atoms with van der Waals surface area (Å²) in [5.41, 5.74) is 0.821. The van der Waals surface area contributed by atoms with E-state index in [1.807, 2.05) is 0 Å². The monoisotopic (exact) mass is 207 g/mol. The highest BCUT2D eigenvalue weighted by Gasteiger charge is 2.11. The maximum Gasteiger partial charge on any atom is 0.255 e. The molecule has 15 heavy (non-hydrogen) atoms. The number of aromatic hydroxyl groups is 1. The molecule has 0 atom stereocenters. The van der Waals surface area contributed by atoms with Gasteiger partial charge in [-0.05, 0) is 25.5 Å². The number of aryl methyl sites for hydroxylation is 1. The highest BCUT2D eigenvalue weighted by atomic mass is 16.3. The molecule has 0 aliphatic carbocycles. The normalized spacial score (nSPS) is 9.73. The number of Topliss-reactive ketones (excluding diaryl/α,β-unsaturated/α-hetero) is 1. The van der Waals surface area contributed by atoms with Crippen molar-refractivity contribution >= 4 is 11.7 Å². The maximum atomic E-state index is 11.5. The molecule has 0 radical (unpaired) electrons. The number of phenols is 1. The highest BCUT2D eigenvalue weighted by molar-refractivity contribution is 5.98. The molecule has 1 aromatic rings.